The fourth-order valence-corrected chi connectivity index (χ4v) is 2.83. The van der Waals surface area contributed by atoms with Crippen LogP contribution in [0.1, 0.15) is 22.8 Å². The van der Waals surface area contributed by atoms with Crippen LogP contribution in [0.25, 0.3) is 0 Å². The van der Waals surface area contributed by atoms with Crippen LogP contribution < -0.4 is 14.2 Å². The highest BCUT2D eigenvalue weighted by Gasteiger charge is 2.15. The molecule has 1 atom stereocenters. The van der Waals surface area contributed by atoms with Crippen molar-refractivity contribution in [2.24, 2.45) is 0 Å². The molecule has 0 aromatic heterocycles. The highest BCUT2D eigenvalue weighted by Crippen LogP contribution is 2.32. The van der Waals surface area contributed by atoms with Gasteiger partial charge in [-0.25, -0.2) is 0 Å². The molecule has 0 radical (unpaired) electrons. The summed E-state index contributed by atoms with van der Waals surface area (Å²) in [4.78, 5) is 13.4. The minimum atomic E-state index is -0.644. The van der Waals surface area contributed by atoms with Gasteiger partial charge in [0, 0.05) is 18.7 Å². The van der Waals surface area contributed by atoms with Gasteiger partial charge in [-0.1, -0.05) is 18.2 Å². The Morgan fingerprint density at radius 3 is 2.85 bits per heavy atom. The van der Waals surface area contributed by atoms with Crippen molar-refractivity contribution in [2.75, 3.05) is 27.0 Å². The van der Waals surface area contributed by atoms with Crippen LogP contribution in [-0.4, -0.2) is 48.9 Å². The van der Waals surface area contributed by atoms with Crippen molar-refractivity contribution in [1.82, 2.24) is 4.90 Å². The Morgan fingerprint density at radius 1 is 1.23 bits per heavy atom. The van der Waals surface area contributed by atoms with Gasteiger partial charge in [0.05, 0.1) is 0 Å². The Hall–Kier alpha value is -2.57. The Labute approximate surface area is 152 Å². The molecule has 0 aliphatic carbocycles. The zero-order valence-corrected chi connectivity index (χ0v) is 15.0. The lowest BCUT2D eigenvalue weighted by molar-refractivity contribution is 0.0743. The largest absolute Gasteiger partial charge is 0.491 e. The maximum Gasteiger partial charge on any atom is 0.231 e. The van der Waals surface area contributed by atoms with Crippen molar-refractivity contribution in [1.29, 1.82) is 0 Å². The van der Waals surface area contributed by atoms with Crippen LogP contribution in [0, 0.1) is 0 Å². The van der Waals surface area contributed by atoms with Gasteiger partial charge in [-0.2, -0.15) is 0 Å². The van der Waals surface area contributed by atoms with E-state index in [-0.39, 0.29) is 19.2 Å². The zero-order valence-electron chi connectivity index (χ0n) is 15.0. The van der Waals surface area contributed by atoms with Crippen LogP contribution >= 0.6 is 0 Å². The third-order valence-corrected chi connectivity index (χ3v) is 4.09. The van der Waals surface area contributed by atoms with Crippen LogP contribution in [-0.2, 0) is 6.54 Å². The molecule has 0 fully saturated rings. The number of hydrogen-bond acceptors (Lipinski definition) is 6. The minimum absolute atomic E-state index is 0.0144. The maximum atomic E-state index is 11.4. The average Bonchev–Trinajstić information content (AvgIpc) is 3.08. The molecular weight excluding hydrogens is 334 g/mol. The van der Waals surface area contributed by atoms with E-state index in [1.54, 1.807) is 24.3 Å². The second-order valence-corrected chi connectivity index (χ2v) is 6.43. The number of ether oxygens (including phenoxy) is 3. The first-order chi connectivity index (χ1) is 12.5. The number of likely N-dealkylation sites (N-methyl/N-ethyl adjacent to an activating group) is 1. The van der Waals surface area contributed by atoms with Gasteiger partial charge in [0.2, 0.25) is 6.79 Å². The van der Waals surface area contributed by atoms with Crippen LogP contribution in [0.2, 0.25) is 0 Å². The predicted octanol–water partition coefficient (Wildman–Crippen LogP) is 2.49. The lowest BCUT2D eigenvalue weighted by Crippen LogP contribution is -2.32. The second-order valence-electron chi connectivity index (χ2n) is 6.43. The minimum Gasteiger partial charge on any atom is -0.491 e. The molecule has 2 aromatic rings. The van der Waals surface area contributed by atoms with Crippen molar-refractivity contribution < 1.29 is 24.1 Å². The van der Waals surface area contributed by atoms with E-state index < -0.39 is 6.10 Å². The maximum absolute atomic E-state index is 11.4. The van der Waals surface area contributed by atoms with Crippen LogP contribution in [0.3, 0.4) is 0 Å². The van der Waals surface area contributed by atoms with E-state index in [0.717, 1.165) is 17.1 Å². The second kappa shape index (κ2) is 8.21. The molecule has 1 N–H and O–H groups in total. The summed E-state index contributed by atoms with van der Waals surface area (Å²) in [6.45, 7) is 3.07. The van der Waals surface area contributed by atoms with Crippen LogP contribution in [0.5, 0.6) is 17.2 Å². The number of fused-ring (bicyclic) bond motifs is 1. The number of carbonyl (C=O) groups excluding carboxylic acids is 1. The lowest BCUT2D eigenvalue weighted by Gasteiger charge is -2.21. The summed E-state index contributed by atoms with van der Waals surface area (Å²) in [7, 11) is 1.93. The molecule has 26 heavy (non-hydrogen) atoms. The first-order valence-corrected chi connectivity index (χ1v) is 8.50. The first kappa shape index (κ1) is 18.2. The van der Waals surface area contributed by atoms with Gasteiger partial charge in [-0.05, 0) is 43.8 Å². The zero-order chi connectivity index (χ0) is 18.5. The molecule has 0 saturated carbocycles. The predicted molar refractivity (Wildman–Crippen MR) is 96.8 cm³/mol. The number of aliphatic hydroxyl groups excluding tert-OH is 1. The molecule has 138 valence electrons. The Morgan fingerprint density at radius 2 is 2.04 bits per heavy atom. The molecule has 6 nitrogen and oxygen atoms in total. The summed E-state index contributed by atoms with van der Waals surface area (Å²) in [5.41, 5.74) is 1.68. The van der Waals surface area contributed by atoms with Gasteiger partial charge in [0.25, 0.3) is 0 Å². The van der Waals surface area contributed by atoms with Crippen molar-refractivity contribution >= 4 is 5.78 Å². The average molecular weight is 357 g/mol. The molecule has 1 heterocycles. The van der Waals surface area contributed by atoms with Crippen LogP contribution in [0.4, 0.5) is 0 Å². The van der Waals surface area contributed by atoms with Crippen molar-refractivity contribution in [3.63, 3.8) is 0 Å². The molecule has 3 rings (SSSR count). The molecule has 0 bridgehead atoms. The fourth-order valence-electron chi connectivity index (χ4n) is 2.83. The summed E-state index contributed by atoms with van der Waals surface area (Å²) in [5.74, 6) is 2.08. The van der Waals surface area contributed by atoms with E-state index in [0.29, 0.717) is 24.4 Å². The van der Waals surface area contributed by atoms with Crippen molar-refractivity contribution in [2.45, 2.75) is 19.6 Å². The molecule has 2 aromatic carbocycles. The number of rotatable bonds is 8. The van der Waals surface area contributed by atoms with E-state index in [4.69, 9.17) is 14.2 Å². The summed E-state index contributed by atoms with van der Waals surface area (Å²) in [5, 5.41) is 10.2. The van der Waals surface area contributed by atoms with E-state index in [1.165, 1.54) is 6.92 Å². The third kappa shape index (κ3) is 4.74. The number of hydrogen-bond donors (Lipinski definition) is 1. The van der Waals surface area contributed by atoms with Crippen molar-refractivity contribution in [3.05, 3.63) is 53.6 Å². The summed E-state index contributed by atoms with van der Waals surface area (Å²) in [6.07, 6.45) is -0.644. The summed E-state index contributed by atoms with van der Waals surface area (Å²) >= 11 is 0. The Balaban J connectivity index is 1.47. The molecule has 1 unspecified atom stereocenters. The van der Waals surface area contributed by atoms with Gasteiger partial charge in [0.15, 0.2) is 17.3 Å². The van der Waals surface area contributed by atoms with Gasteiger partial charge < -0.3 is 19.3 Å². The molecule has 0 saturated heterocycles. The number of ketones is 1. The van der Waals surface area contributed by atoms with Gasteiger partial charge in [0.1, 0.15) is 18.5 Å². The SMILES string of the molecule is CC(=O)c1cccc(OCC(O)CN(C)Cc2ccc3c(c2)OCO3)c1. The molecule has 1 aliphatic rings. The van der Waals surface area contributed by atoms with E-state index in [2.05, 4.69) is 0 Å². The molecular formula is C20H23NO5. The number of nitrogens with zero attached hydrogens (tertiary/aromatic N) is 1. The highest BCUT2D eigenvalue weighted by atomic mass is 16.7. The van der Waals surface area contributed by atoms with Crippen molar-refractivity contribution in [3.8, 4) is 17.2 Å². The monoisotopic (exact) mass is 357 g/mol. The molecule has 0 spiro atoms. The molecule has 1 aliphatic heterocycles. The molecule has 6 heteroatoms. The smallest absolute Gasteiger partial charge is 0.231 e. The lowest BCUT2D eigenvalue weighted by atomic mass is 10.1. The topological polar surface area (TPSA) is 68.2 Å². The number of Topliss-reactive ketones (excluding diaryl/α,β-unsaturated/α-hetero) is 1. The summed E-state index contributed by atoms with van der Waals surface area (Å²) < 4.78 is 16.3. The normalized spacial score (nSPS) is 13.7. The number of aliphatic hydroxyl groups is 1. The van der Waals surface area contributed by atoms with E-state index in [1.807, 2.05) is 30.1 Å². The third-order valence-electron chi connectivity index (χ3n) is 4.09. The van der Waals surface area contributed by atoms with Gasteiger partial charge in [-0.3, -0.25) is 9.69 Å². The Kier molecular flexibility index (Phi) is 5.75. The number of benzene rings is 2. The molecule has 0 amide bonds. The van der Waals surface area contributed by atoms with Crippen LogP contribution in [0.15, 0.2) is 42.5 Å². The standard InChI is InChI=1S/C20H23NO5/c1-14(22)16-4-3-5-18(9-16)24-12-17(23)11-21(2)10-15-6-7-19-20(8-15)26-13-25-19/h3-9,17,23H,10-13H2,1-2H3. The van der Waals surface area contributed by atoms with Gasteiger partial charge >= 0.3 is 0 Å². The van der Waals surface area contributed by atoms with Gasteiger partial charge in [-0.15, -0.1) is 0 Å². The quantitative estimate of drug-likeness (QED) is 0.732. The van der Waals surface area contributed by atoms with E-state index in [9.17, 15) is 9.90 Å². The highest BCUT2D eigenvalue weighted by molar-refractivity contribution is 5.94. The van der Waals surface area contributed by atoms with E-state index >= 15 is 0 Å². The fraction of sp³-hybridized carbons (Fsp3) is 0.350. The number of carbonyl (C=O) groups is 1. The summed E-state index contributed by atoms with van der Waals surface area (Å²) in [6, 6.07) is 12.8. The Bertz CT molecular complexity index is 777. The first-order valence-electron chi connectivity index (χ1n) is 8.50.